The molecule has 0 N–H and O–H groups in total. The van der Waals surface area contributed by atoms with Crippen LogP contribution in [-0.4, -0.2) is 0 Å². The third-order valence-electron chi connectivity index (χ3n) is 11.7. The Balaban J connectivity index is 0.000000267. The molecule has 0 bridgehead atoms. The minimum Gasteiger partial charge on any atom is -0.206 e. The zero-order valence-electron chi connectivity index (χ0n) is 44.3. The number of halogens is 20. The normalized spacial score (nSPS) is 10.3. The summed E-state index contributed by atoms with van der Waals surface area (Å²) in [7, 11) is 0. The van der Waals surface area contributed by atoms with Crippen LogP contribution < -0.4 is 0 Å². The van der Waals surface area contributed by atoms with Gasteiger partial charge in [0.15, 0.2) is 105 Å². The van der Waals surface area contributed by atoms with Gasteiger partial charge < -0.3 is 0 Å². The van der Waals surface area contributed by atoms with Gasteiger partial charge in [0.25, 0.3) is 0 Å². The molecule has 0 saturated carbocycles. The molecule has 0 heterocycles. The fourth-order valence-corrected chi connectivity index (χ4v) is 6.91. The lowest BCUT2D eigenvalue weighted by Crippen LogP contribution is -2.09. The van der Waals surface area contributed by atoms with Gasteiger partial charge >= 0.3 is 0 Å². The second-order valence-corrected chi connectivity index (χ2v) is 16.8. The van der Waals surface area contributed by atoms with Crippen molar-refractivity contribution < 1.29 is 87.8 Å². The topological polar surface area (TPSA) is 0 Å². The molecule has 8 aromatic carbocycles. The molecule has 0 atom stereocenters. The minimum absolute atomic E-state index is 0.624. The summed E-state index contributed by atoms with van der Waals surface area (Å²) >= 11 is 0. The smallest absolute Gasteiger partial charge is 0.200 e. The monoisotopic (exact) mass is 1170 g/mol. The zero-order chi connectivity index (χ0) is 62.2. The van der Waals surface area contributed by atoms with Gasteiger partial charge in [0, 0.05) is 16.7 Å². The summed E-state index contributed by atoms with van der Waals surface area (Å²) in [5.74, 6) is -37.3. The van der Waals surface area contributed by atoms with Gasteiger partial charge in [-0.1, -0.05) is 131 Å². The average Bonchev–Trinajstić information content (AvgIpc) is 3.51. The number of benzene rings is 8. The van der Waals surface area contributed by atoms with Crippen molar-refractivity contribution in [2.24, 2.45) is 0 Å². The zero-order valence-corrected chi connectivity index (χ0v) is 44.3. The van der Waals surface area contributed by atoms with Crippen LogP contribution in [0.15, 0.2) is 92.0 Å². The quantitative estimate of drug-likeness (QED) is 0.0674. The standard InChI is InChI=1S/C13H3F9.C11H3F7.C10H6F4.2C10H12.C8H10/c1-2-5(14)7(16)3(8(17)6(2)15)4-9(18)11(20)13(22)12(21)10(4)19;1-2-5(12)3-4(7(14)6(2)13)9(16)11(18)10(17)8(3)15;1-3-4-6-9(13)7(11)5(2)8(12)10(6)14;1-3-9-5-7-10(4-2)8-6-9;1-3-9-6-5-7-10(4-2)8-9;1-2-8-6-4-3-5-7-8/h1H3;1H3;1-2H3;2*3,5-8H,1,4H2,2H3;3-7H,2H2,1H3. The maximum atomic E-state index is 13.7. The summed E-state index contributed by atoms with van der Waals surface area (Å²) in [4.78, 5) is 0. The molecule has 20 heteroatoms. The lowest BCUT2D eigenvalue weighted by Gasteiger charge is -2.12. The highest BCUT2D eigenvalue weighted by Gasteiger charge is 2.34. The Morgan fingerprint density at radius 2 is 0.646 bits per heavy atom. The van der Waals surface area contributed by atoms with Crippen molar-refractivity contribution in [3.05, 3.63) is 258 Å². The van der Waals surface area contributed by atoms with Crippen molar-refractivity contribution in [1.29, 1.82) is 0 Å². The molecule has 8 rings (SSSR count). The molecule has 0 spiro atoms. The first-order valence-electron chi connectivity index (χ1n) is 23.9. The van der Waals surface area contributed by atoms with E-state index in [1.165, 1.54) is 34.7 Å². The first-order chi connectivity index (χ1) is 38.6. The van der Waals surface area contributed by atoms with Crippen LogP contribution in [0.4, 0.5) is 87.8 Å². The summed E-state index contributed by atoms with van der Waals surface area (Å²) in [6, 6.07) is 27.3. The second kappa shape index (κ2) is 30.5. The van der Waals surface area contributed by atoms with Crippen LogP contribution in [0.1, 0.15) is 77.8 Å². The van der Waals surface area contributed by atoms with E-state index < -0.39 is 160 Å². The maximum Gasteiger partial charge on any atom is 0.200 e. The highest BCUT2D eigenvalue weighted by molar-refractivity contribution is 5.86. The molecule has 0 saturated heterocycles. The average molecular weight is 1170 g/mol. The lowest BCUT2D eigenvalue weighted by molar-refractivity contribution is 0.379. The summed E-state index contributed by atoms with van der Waals surface area (Å²) in [5.41, 5.74) is -1.20. The summed E-state index contributed by atoms with van der Waals surface area (Å²) < 4.78 is 264. The van der Waals surface area contributed by atoms with Crippen molar-refractivity contribution in [1.82, 2.24) is 0 Å². The molecule has 0 aromatic heterocycles. The predicted molar refractivity (Wildman–Crippen MR) is 276 cm³/mol. The lowest BCUT2D eigenvalue weighted by atomic mass is 9.99. The molecule has 0 aliphatic rings. The third kappa shape index (κ3) is 15.4. The number of hydrogen-bond acceptors (Lipinski definition) is 0. The van der Waals surface area contributed by atoms with Gasteiger partial charge in [0.05, 0.1) is 21.9 Å². The van der Waals surface area contributed by atoms with E-state index >= 15 is 0 Å². The predicted octanol–water partition coefficient (Wildman–Crippen LogP) is 20.0. The van der Waals surface area contributed by atoms with Crippen molar-refractivity contribution in [2.45, 2.75) is 67.7 Å². The van der Waals surface area contributed by atoms with Crippen molar-refractivity contribution in [3.63, 3.8) is 0 Å². The molecule has 434 valence electrons. The Labute approximate surface area is 458 Å². The Hall–Kier alpha value is -8.34. The van der Waals surface area contributed by atoms with E-state index in [2.05, 4.69) is 113 Å². The van der Waals surface area contributed by atoms with Gasteiger partial charge in [-0.3, -0.25) is 0 Å². The highest BCUT2D eigenvalue weighted by atomic mass is 19.2. The van der Waals surface area contributed by atoms with Crippen molar-refractivity contribution in [2.75, 3.05) is 0 Å². The molecule has 0 aliphatic carbocycles. The molecule has 82 heavy (non-hydrogen) atoms. The van der Waals surface area contributed by atoms with E-state index in [4.69, 9.17) is 0 Å². The summed E-state index contributed by atoms with van der Waals surface area (Å²) in [6.45, 7) is 17.5. The molecule has 0 fully saturated rings. The minimum atomic E-state index is -2.59. The fourth-order valence-electron chi connectivity index (χ4n) is 6.91. The van der Waals surface area contributed by atoms with E-state index in [1.807, 2.05) is 24.1 Å². The van der Waals surface area contributed by atoms with E-state index in [-0.39, 0.29) is 0 Å². The van der Waals surface area contributed by atoms with E-state index in [1.54, 1.807) is 0 Å². The maximum absolute atomic E-state index is 13.7. The first kappa shape index (κ1) is 67.9. The van der Waals surface area contributed by atoms with Crippen LogP contribution in [0, 0.1) is 149 Å². The van der Waals surface area contributed by atoms with Crippen LogP contribution in [0.25, 0.3) is 34.1 Å². The van der Waals surface area contributed by atoms with Crippen LogP contribution in [0.5, 0.6) is 0 Å². The largest absolute Gasteiger partial charge is 0.206 e. The van der Waals surface area contributed by atoms with Crippen LogP contribution in [-0.2, 0) is 19.3 Å². The number of fused-ring (bicyclic) bond motifs is 1. The van der Waals surface area contributed by atoms with Gasteiger partial charge in [-0.2, -0.15) is 0 Å². The second-order valence-electron chi connectivity index (χ2n) is 16.8. The summed E-state index contributed by atoms with van der Waals surface area (Å²) in [5, 5.41) is -3.05. The van der Waals surface area contributed by atoms with E-state index in [9.17, 15) is 87.8 Å². The molecule has 0 radical (unpaired) electrons. The van der Waals surface area contributed by atoms with Crippen LogP contribution >= 0.6 is 0 Å². The molecule has 0 amide bonds. The SMILES string of the molecule is C=Cc1ccc(CC)cc1.C=Cc1cccc(CC)c1.CC#Cc1c(F)c(F)c(C)c(F)c1F.CCc1ccccc1.Cc1c(F)c(F)c(-c2c(F)c(F)c(F)c(F)c2F)c(F)c1F.Cc1c(F)c(F)c2c(F)c(F)c(F)c(F)c2c1F. The Morgan fingerprint density at radius 3 is 1.04 bits per heavy atom. The van der Waals surface area contributed by atoms with Gasteiger partial charge in [-0.25, -0.2) is 87.8 Å². The molecule has 0 aliphatic heterocycles. The highest BCUT2D eigenvalue weighted by Crippen LogP contribution is 2.38. The van der Waals surface area contributed by atoms with Crippen LogP contribution in [0.2, 0.25) is 0 Å². The third-order valence-corrected chi connectivity index (χ3v) is 11.7. The molecule has 0 unspecified atom stereocenters. The van der Waals surface area contributed by atoms with Gasteiger partial charge in [0.2, 0.25) is 5.82 Å². The van der Waals surface area contributed by atoms with E-state index in [0.717, 1.165) is 33.1 Å². The Morgan fingerprint density at radius 1 is 0.329 bits per heavy atom. The van der Waals surface area contributed by atoms with E-state index in [0.29, 0.717) is 6.92 Å². The molecular formula is C62H46F20. The summed E-state index contributed by atoms with van der Waals surface area (Å²) in [6.07, 6.45) is 7.08. The fraction of sp³-hybridized carbons (Fsp3) is 0.161. The number of rotatable bonds is 6. The van der Waals surface area contributed by atoms with Crippen LogP contribution in [0.3, 0.4) is 0 Å². The number of hydrogen-bond donors (Lipinski definition) is 0. The Bertz CT molecular complexity index is 3400. The van der Waals surface area contributed by atoms with Crippen molar-refractivity contribution >= 4 is 22.9 Å². The van der Waals surface area contributed by atoms with Gasteiger partial charge in [-0.05, 0) is 74.8 Å². The molecular weight excluding hydrogens is 1120 g/mol. The molecule has 8 aromatic rings. The van der Waals surface area contributed by atoms with Gasteiger partial charge in [-0.15, -0.1) is 5.92 Å². The van der Waals surface area contributed by atoms with Gasteiger partial charge in [0.1, 0.15) is 11.4 Å². The first-order valence-corrected chi connectivity index (χ1v) is 23.9. The van der Waals surface area contributed by atoms with Crippen molar-refractivity contribution in [3.8, 4) is 23.0 Å². The Kier molecular flexibility index (Phi) is 25.2. The molecule has 0 nitrogen and oxygen atoms in total. The number of aryl methyl sites for hydroxylation is 3.